The lowest BCUT2D eigenvalue weighted by Gasteiger charge is -2.19. The van der Waals surface area contributed by atoms with Crippen molar-refractivity contribution >= 4 is 12.4 Å². The number of hydrogen-bond acceptors (Lipinski definition) is 7. The zero-order chi connectivity index (χ0) is 26.3. The highest BCUT2D eigenvalue weighted by molar-refractivity contribution is 5.67. The summed E-state index contributed by atoms with van der Waals surface area (Å²) in [5.41, 5.74) is 0.491. The molecule has 0 aliphatic heterocycles. The summed E-state index contributed by atoms with van der Waals surface area (Å²) in [6.07, 6.45) is 8.41. The Labute approximate surface area is 217 Å². The van der Waals surface area contributed by atoms with E-state index in [-0.39, 0.29) is 0 Å². The molecule has 8 nitrogen and oxygen atoms in total. The van der Waals surface area contributed by atoms with E-state index in [1.54, 1.807) is 0 Å². The Bertz CT molecular complexity index is 673. The lowest BCUT2D eigenvalue weighted by Crippen LogP contribution is -2.32. The monoisotopic (exact) mass is 509 g/mol. The van der Waals surface area contributed by atoms with Gasteiger partial charge in [-0.3, -0.25) is 0 Å². The van der Waals surface area contributed by atoms with E-state index in [0.717, 1.165) is 75.8 Å². The second-order valence-corrected chi connectivity index (χ2v) is 9.62. The maximum absolute atomic E-state index is 11.7. The third-order valence-electron chi connectivity index (χ3n) is 5.07. The largest absolute Gasteiger partial charge is 0.494 e. The van der Waals surface area contributed by atoms with Crippen molar-refractivity contribution in [2.45, 2.75) is 84.3 Å². The SMILES string of the molecule is CC(C)(C)OC(=O)NCc1ccc(OCCCCCCOCCOCCOCCCCCC=O)cc1. The number of benzene rings is 1. The van der Waals surface area contributed by atoms with Crippen molar-refractivity contribution in [2.75, 3.05) is 46.2 Å². The average Bonchev–Trinajstić information content (AvgIpc) is 2.84. The minimum absolute atomic E-state index is 0.418. The molecule has 1 rings (SSSR count). The first-order valence-corrected chi connectivity index (χ1v) is 13.3. The predicted molar refractivity (Wildman–Crippen MR) is 140 cm³/mol. The van der Waals surface area contributed by atoms with Crippen molar-refractivity contribution in [2.24, 2.45) is 0 Å². The van der Waals surface area contributed by atoms with Crippen molar-refractivity contribution in [1.82, 2.24) is 5.32 Å². The number of nitrogens with one attached hydrogen (secondary N) is 1. The standard InChI is InChI=1S/C28H47NO7/c1-28(2,3)36-27(31)29-24-25-12-14-26(15-13-25)35-19-11-7-6-10-18-33-21-23-34-22-20-32-17-9-5-4-8-16-30/h12-16H,4-11,17-24H2,1-3H3,(H,29,31). The van der Waals surface area contributed by atoms with Crippen LogP contribution in [0.2, 0.25) is 0 Å². The van der Waals surface area contributed by atoms with E-state index in [0.29, 0.717) is 46.0 Å². The van der Waals surface area contributed by atoms with E-state index in [2.05, 4.69) is 5.32 Å². The molecule has 0 heterocycles. The van der Waals surface area contributed by atoms with Crippen LogP contribution >= 0.6 is 0 Å². The quantitative estimate of drug-likeness (QED) is 0.164. The van der Waals surface area contributed by atoms with Crippen LogP contribution in [0.5, 0.6) is 5.75 Å². The summed E-state index contributed by atoms with van der Waals surface area (Å²) >= 11 is 0. The van der Waals surface area contributed by atoms with E-state index < -0.39 is 11.7 Å². The molecule has 0 unspecified atom stereocenters. The number of rotatable bonds is 22. The van der Waals surface area contributed by atoms with Gasteiger partial charge in [0.05, 0.1) is 33.0 Å². The fourth-order valence-electron chi connectivity index (χ4n) is 3.19. The molecule has 0 fully saturated rings. The summed E-state index contributed by atoms with van der Waals surface area (Å²) in [5, 5.41) is 2.75. The van der Waals surface area contributed by atoms with E-state index in [4.69, 9.17) is 23.7 Å². The molecule has 8 heteroatoms. The van der Waals surface area contributed by atoms with Gasteiger partial charge in [-0.2, -0.15) is 0 Å². The molecule has 1 aromatic rings. The summed E-state index contributed by atoms with van der Waals surface area (Å²) in [6.45, 7) is 10.5. The van der Waals surface area contributed by atoms with Gasteiger partial charge in [-0.05, 0) is 70.6 Å². The molecule has 0 atom stereocenters. The summed E-state index contributed by atoms with van der Waals surface area (Å²) in [4.78, 5) is 21.9. The smallest absolute Gasteiger partial charge is 0.407 e. The lowest BCUT2D eigenvalue weighted by atomic mass is 10.2. The lowest BCUT2D eigenvalue weighted by molar-refractivity contribution is -0.107. The molecular formula is C28H47NO7. The van der Waals surface area contributed by atoms with Crippen LogP contribution in [0.1, 0.15) is 77.7 Å². The molecule has 0 aliphatic carbocycles. The molecule has 36 heavy (non-hydrogen) atoms. The normalized spacial score (nSPS) is 11.3. The van der Waals surface area contributed by atoms with Gasteiger partial charge < -0.3 is 33.8 Å². The minimum atomic E-state index is -0.500. The fraction of sp³-hybridized carbons (Fsp3) is 0.714. The van der Waals surface area contributed by atoms with E-state index in [1.807, 2.05) is 45.0 Å². The molecule has 1 amide bonds. The molecule has 206 valence electrons. The van der Waals surface area contributed by atoms with Crippen LogP contribution in [-0.4, -0.2) is 64.2 Å². The second-order valence-electron chi connectivity index (χ2n) is 9.62. The molecule has 1 aromatic carbocycles. The number of hydrogen-bond donors (Lipinski definition) is 1. The third-order valence-corrected chi connectivity index (χ3v) is 5.07. The van der Waals surface area contributed by atoms with E-state index in [9.17, 15) is 9.59 Å². The Morgan fingerprint density at radius 1 is 0.750 bits per heavy atom. The van der Waals surface area contributed by atoms with Crippen molar-refractivity contribution in [3.8, 4) is 5.75 Å². The number of unbranched alkanes of at least 4 members (excludes halogenated alkanes) is 6. The van der Waals surface area contributed by atoms with Crippen LogP contribution in [0.4, 0.5) is 4.79 Å². The molecule has 0 aliphatic rings. The van der Waals surface area contributed by atoms with Gasteiger partial charge in [-0.15, -0.1) is 0 Å². The molecule has 0 aromatic heterocycles. The fourth-order valence-corrected chi connectivity index (χ4v) is 3.19. The van der Waals surface area contributed by atoms with Gasteiger partial charge in [0.25, 0.3) is 0 Å². The van der Waals surface area contributed by atoms with Gasteiger partial charge in [0.15, 0.2) is 0 Å². The predicted octanol–water partition coefficient (Wildman–Crippen LogP) is 5.46. The molecule has 0 radical (unpaired) electrons. The van der Waals surface area contributed by atoms with Gasteiger partial charge >= 0.3 is 6.09 Å². The Kier molecular flexibility index (Phi) is 18.6. The molecule has 0 saturated carbocycles. The topological polar surface area (TPSA) is 92.3 Å². The number of aldehydes is 1. The zero-order valence-electron chi connectivity index (χ0n) is 22.6. The van der Waals surface area contributed by atoms with E-state index >= 15 is 0 Å². The number of ether oxygens (including phenoxy) is 5. The summed E-state index contributed by atoms with van der Waals surface area (Å²) in [6, 6.07) is 7.74. The Hall–Kier alpha value is -2.16. The highest BCUT2D eigenvalue weighted by Gasteiger charge is 2.15. The Morgan fingerprint density at radius 3 is 1.83 bits per heavy atom. The van der Waals surface area contributed by atoms with Gasteiger partial charge in [0, 0.05) is 26.2 Å². The van der Waals surface area contributed by atoms with Gasteiger partial charge in [-0.25, -0.2) is 4.79 Å². The van der Waals surface area contributed by atoms with Crippen LogP contribution < -0.4 is 10.1 Å². The number of alkyl carbamates (subject to hydrolysis) is 1. The van der Waals surface area contributed by atoms with Crippen LogP contribution in [-0.2, 0) is 30.3 Å². The summed E-state index contributed by atoms with van der Waals surface area (Å²) in [5.74, 6) is 0.833. The van der Waals surface area contributed by atoms with Gasteiger partial charge in [0.1, 0.15) is 17.6 Å². The first kappa shape index (κ1) is 31.9. The van der Waals surface area contributed by atoms with Crippen molar-refractivity contribution < 1.29 is 33.3 Å². The first-order valence-electron chi connectivity index (χ1n) is 13.3. The Morgan fingerprint density at radius 2 is 1.28 bits per heavy atom. The van der Waals surface area contributed by atoms with Crippen LogP contribution in [0, 0.1) is 0 Å². The van der Waals surface area contributed by atoms with Crippen molar-refractivity contribution in [3.63, 3.8) is 0 Å². The second kappa shape index (κ2) is 21.0. The highest BCUT2D eigenvalue weighted by atomic mass is 16.6. The van der Waals surface area contributed by atoms with Crippen molar-refractivity contribution in [1.29, 1.82) is 0 Å². The van der Waals surface area contributed by atoms with Crippen molar-refractivity contribution in [3.05, 3.63) is 29.8 Å². The number of amides is 1. The zero-order valence-corrected chi connectivity index (χ0v) is 22.6. The number of carbonyl (C=O) groups is 2. The van der Waals surface area contributed by atoms with Crippen LogP contribution in [0.25, 0.3) is 0 Å². The van der Waals surface area contributed by atoms with Crippen LogP contribution in [0.3, 0.4) is 0 Å². The average molecular weight is 510 g/mol. The maximum atomic E-state index is 11.7. The Balaban J connectivity index is 1.87. The van der Waals surface area contributed by atoms with E-state index in [1.165, 1.54) is 0 Å². The first-order chi connectivity index (χ1) is 17.4. The van der Waals surface area contributed by atoms with Gasteiger partial charge in [0.2, 0.25) is 0 Å². The van der Waals surface area contributed by atoms with Gasteiger partial charge in [-0.1, -0.05) is 25.0 Å². The maximum Gasteiger partial charge on any atom is 0.407 e. The van der Waals surface area contributed by atoms with Crippen LogP contribution in [0.15, 0.2) is 24.3 Å². The third kappa shape index (κ3) is 20.1. The number of carbonyl (C=O) groups excluding carboxylic acids is 2. The summed E-state index contributed by atoms with van der Waals surface area (Å²) in [7, 11) is 0. The minimum Gasteiger partial charge on any atom is -0.494 e. The molecule has 0 saturated heterocycles. The molecule has 1 N–H and O–H groups in total. The summed E-state index contributed by atoms with van der Waals surface area (Å²) < 4.78 is 27.6. The highest BCUT2D eigenvalue weighted by Crippen LogP contribution is 2.13. The molecular weight excluding hydrogens is 462 g/mol. The molecule has 0 bridgehead atoms. The molecule has 0 spiro atoms.